The van der Waals surface area contributed by atoms with Gasteiger partial charge in [0.2, 0.25) is 21.8 Å². The Morgan fingerprint density at radius 1 is 1.03 bits per heavy atom. The van der Waals surface area contributed by atoms with Gasteiger partial charge in [-0.1, -0.05) is 41.5 Å². The number of imide groups is 1. The number of nitrogens with zero attached hydrogens (tertiary/aromatic N) is 1. The molecule has 1 N–H and O–H groups in total. The van der Waals surface area contributed by atoms with Gasteiger partial charge >= 0.3 is 0 Å². The summed E-state index contributed by atoms with van der Waals surface area (Å²) in [6.07, 6.45) is 2.05. The highest BCUT2D eigenvalue weighted by Gasteiger charge is 2.64. The first-order chi connectivity index (χ1) is 13.9. The number of hydrogen-bond donors (Lipinski definition) is 1. The van der Waals surface area contributed by atoms with Crippen molar-refractivity contribution in [2.45, 2.75) is 85.1 Å². The predicted molar refractivity (Wildman–Crippen MR) is 122 cm³/mol. The van der Waals surface area contributed by atoms with Crippen molar-refractivity contribution in [2.75, 3.05) is 4.90 Å². The molecule has 1 aromatic rings. The molecular formula is C24H36N2O4S. The summed E-state index contributed by atoms with van der Waals surface area (Å²) >= 11 is 0. The number of rotatable bonds is 5. The van der Waals surface area contributed by atoms with Crippen molar-refractivity contribution in [3.8, 4) is 0 Å². The fourth-order valence-corrected chi connectivity index (χ4v) is 7.03. The van der Waals surface area contributed by atoms with Crippen molar-refractivity contribution in [1.82, 2.24) is 4.72 Å². The lowest BCUT2D eigenvalue weighted by atomic mass is 9.62. The van der Waals surface area contributed by atoms with E-state index in [4.69, 9.17) is 0 Å². The maximum Gasteiger partial charge on any atom is 0.241 e. The molecule has 1 heterocycles. The number of nitrogens with one attached hydrogen (secondary N) is 1. The van der Waals surface area contributed by atoms with Gasteiger partial charge in [0.25, 0.3) is 0 Å². The van der Waals surface area contributed by atoms with Crippen LogP contribution in [0.3, 0.4) is 0 Å². The number of piperidine rings is 1. The summed E-state index contributed by atoms with van der Waals surface area (Å²) in [6.45, 7) is 15.9. The Bertz CT molecular complexity index is 1000. The van der Waals surface area contributed by atoms with Crippen LogP contribution >= 0.6 is 0 Å². The van der Waals surface area contributed by atoms with Crippen molar-refractivity contribution in [2.24, 2.45) is 22.2 Å². The minimum atomic E-state index is -3.74. The Labute approximate surface area is 186 Å². The van der Waals surface area contributed by atoms with E-state index in [1.165, 1.54) is 17.0 Å². The lowest BCUT2D eigenvalue weighted by Crippen LogP contribution is -2.59. The van der Waals surface area contributed by atoms with Crippen molar-refractivity contribution in [3.05, 3.63) is 24.3 Å². The minimum Gasteiger partial charge on any atom is -0.274 e. The second-order valence-corrected chi connectivity index (χ2v) is 13.5. The van der Waals surface area contributed by atoms with Crippen molar-refractivity contribution in [1.29, 1.82) is 0 Å². The molecule has 0 aromatic heterocycles. The van der Waals surface area contributed by atoms with Crippen molar-refractivity contribution >= 4 is 27.5 Å². The number of amides is 2. The van der Waals surface area contributed by atoms with Gasteiger partial charge in [0, 0.05) is 11.5 Å². The zero-order chi connectivity index (χ0) is 23.6. The Morgan fingerprint density at radius 2 is 1.58 bits per heavy atom. The number of benzene rings is 1. The zero-order valence-electron chi connectivity index (χ0n) is 20.0. The second-order valence-electron chi connectivity index (χ2n) is 11.8. The van der Waals surface area contributed by atoms with Crippen LogP contribution in [0.4, 0.5) is 5.69 Å². The van der Waals surface area contributed by atoms with E-state index in [9.17, 15) is 18.0 Å². The molecule has 7 heteroatoms. The molecule has 3 rings (SSSR count). The van der Waals surface area contributed by atoms with E-state index in [2.05, 4.69) is 25.5 Å². The van der Waals surface area contributed by atoms with E-state index in [0.29, 0.717) is 24.9 Å². The molecule has 1 saturated heterocycles. The first-order valence-corrected chi connectivity index (χ1v) is 12.4. The third-order valence-electron chi connectivity index (χ3n) is 7.21. The highest BCUT2D eigenvalue weighted by atomic mass is 32.2. The normalized spacial score (nSPS) is 26.5. The lowest BCUT2D eigenvalue weighted by Gasteiger charge is -2.47. The summed E-state index contributed by atoms with van der Waals surface area (Å²) in [4.78, 5) is 27.8. The molecule has 1 saturated carbocycles. The summed E-state index contributed by atoms with van der Waals surface area (Å²) in [7, 11) is -3.74. The van der Waals surface area contributed by atoms with Gasteiger partial charge in [0.05, 0.1) is 16.0 Å². The third kappa shape index (κ3) is 4.07. The third-order valence-corrected chi connectivity index (χ3v) is 8.92. The summed E-state index contributed by atoms with van der Waals surface area (Å²) in [6, 6.07) is 6.05. The molecule has 2 atom stereocenters. The Morgan fingerprint density at radius 3 is 2.10 bits per heavy atom. The number of carbonyl (C=O) groups is 2. The summed E-state index contributed by atoms with van der Waals surface area (Å²) in [5, 5.41) is 0. The van der Waals surface area contributed by atoms with Gasteiger partial charge in [-0.05, 0) is 68.2 Å². The van der Waals surface area contributed by atoms with E-state index in [1.807, 2.05) is 34.6 Å². The van der Waals surface area contributed by atoms with Gasteiger partial charge in [-0.2, -0.15) is 0 Å². The number of carbonyl (C=O) groups excluding carboxylic acids is 2. The molecule has 0 unspecified atom stereocenters. The van der Waals surface area contributed by atoms with E-state index >= 15 is 0 Å². The molecule has 0 radical (unpaired) electrons. The Hall–Kier alpha value is -1.73. The van der Waals surface area contributed by atoms with Gasteiger partial charge in [0.15, 0.2) is 0 Å². The van der Waals surface area contributed by atoms with Gasteiger partial charge in [-0.25, -0.2) is 18.0 Å². The summed E-state index contributed by atoms with van der Waals surface area (Å²) in [5.74, 6) is -0.597. The standard InChI is InChI=1S/C24H36N2O4S/c1-21(2,3)15-22(4,5)25-31(29,30)17-11-9-16(10-12-17)26-19(27)18-13-14-24(8,20(26)28)23(18,6)7/h9-12,18,25H,13-15H2,1-8H3/t18-,24+/m1/s1. The van der Waals surface area contributed by atoms with E-state index < -0.39 is 21.0 Å². The molecule has 172 valence electrons. The lowest BCUT2D eigenvalue weighted by molar-refractivity contribution is -0.146. The van der Waals surface area contributed by atoms with Crippen LogP contribution in [0.25, 0.3) is 0 Å². The van der Waals surface area contributed by atoms with Crippen molar-refractivity contribution < 1.29 is 18.0 Å². The summed E-state index contributed by atoms with van der Waals surface area (Å²) < 4.78 is 28.7. The van der Waals surface area contributed by atoms with Crippen molar-refractivity contribution in [3.63, 3.8) is 0 Å². The van der Waals surface area contributed by atoms with E-state index in [1.54, 1.807) is 12.1 Å². The monoisotopic (exact) mass is 448 g/mol. The van der Waals surface area contributed by atoms with Gasteiger partial charge in [-0.15, -0.1) is 0 Å². The van der Waals surface area contributed by atoms with E-state index in [-0.39, 0.29) is 33.5 Å². The van der Waals surface area contributed by atoms with Crippen LogP contribution in [-0.2, 0) is 19.6 Å². The zero-order valence-corrected chi connectivity index (χ0v) is 20.8. The molecule has 1 aliphatic carbocycles. The number of sulfonamides is 1. The van der Waals surface area contributed by atoms with Gasteiger partial charge in [0.1, 0.15) is 0 Å². The maximum absolute atomic E-state index is 13.3. The smallest absolute Gasteiger partial charge is 0.241 e. The Kier molecular flexibility index (Phi) is 5.51. The highest BCUT2D eigenvalue weighted by molar-refractivity contribution is 7.89. The average molecular weight is 449 g/mol. The fourth-order valence-electron chi connectivity index (χ4n) is 5.62. The fraction of sp³-hybridized carbons (Fsp3) is 0.667. The summed E-state index contributed by atoms with van der Waals surface area (Å²) in [5.41, 5.74) is -1.21. The van der Waals surface area contributed by atoms with Crippen LogP contribution in [0.1, 0.15) is 74.7 Å². The quantitative estimate of drug-likeness (QED) is 0.673. The SMILES string of the molecule is CC(C)(C)CC(C)(C)NS(=O)(=O)c1ccc(N2C(=O)[C@H]3CC[C@@](C)(C2=O)C3(C)C)cc1. The first-order valence-electron chi connectivity index (χ1n) is 10.9. The minimum absolute atomic E-state index is 0.0336. The van der Waals surface area contributed by atoms with Gasteiger partial charge in [-0.3, -0.25) is 9.59 Å². The Balaban J connectivity index is 1.87. The maximum atomic E-state index is 13.3. The number of anilines is 1. The topological polar surface area (TPSA) is 83.6 Å². The van der Waals surface area contributed by atoms with Crippen LogP contribution in [-0.4, -0.2) is 25.8 Å². The molecule has 2 fully saturated rings. The number of fused-ring (bicyclic) bond motifs is 2. The molecule has 2 aliphatic rings. The number of hydrogen-bond acceptors (Lipinski definition) is 4. The second kappa shape index (κ2) is 7.14. The molecule has 1 aliphatic heterocycles. The molecule has 0 spiro atoms. The first kappa shape index (κ1) is 23.9. The molecular weight excluding hydrogens is 412 g/mol. The van der Waals surface area contributed by atoms with E-state index in [0.717, 1.165) is 0 Å². The molecule has 2 bridgehead atoms. The predicted octanol–water partition coefficient (Wildman–Crippen LogP) is 4.50. The molecule has 6 nitrogen and oxygen atoms in total. The highest BCUT2D eigenvalue weighted by Crippen LogP contribution is 2.60. The van der Waals surface area contributed by atoms with Crippen LogP contribution in [0.5, 0.6) is 0 Å². The average Bonchev–Trinajstić information content (AvgIpc) is 2.76. The molecule has 31 heavy (non-hydrogen) atoms. The van der Waals surface area contributed by atoms with Gasteiger partial charge < -0.3 is 0 Å². The van der Waals surface area contributed by atoms with Crippen LogP contribution in [0.2, 0.25) is 0 Å². The largest absolute Gasteiger partial charge is 0.274 e. The van der Waals surface area contributed by atoms with Crippen LogP contribution in [0, 0.1) is 22.2 Å². The van der Waals surface area contributed by atoms with Crippen LogP contribution in [0.15, 0.2) is 29.2 Å². The van der Waals surface area contributed by atoms with Crippen LogP contribution < -0.4 is 9.62 Å². The molecule has 2 amide bonds. The molecule has 1 aromatic carbocycles.